The summed E-state index contributed by atoms with van der Waals surface area (Å²) in [7, 11) is 6.49. The molecule has 1 aromatic carbocycles. The summed E-state index contributed by atoms with van der Waals surface area (Å²) in [5.41, 5.74) is 0.627. The van der Waals surface area contributed by atoms with Crippen molar-refractivity contribution >= 4 is 28.6 Å². The summed E-state index contributed by atoms with van der Waals surface area (Å²) in [5, 5.41) is 0. The number of hydrogen-bond donors (Lipinski definition) is 0. The fourth-order valence-corrected chi connectivity index (χ4v) is 1.88. The first-order valence-electron chi connectivity index (χ1n) is 6.12. The smallest absolute Gasteiger partial charge is 0.338 e. The molecule has 0 atom stereocenters. The molecule has 0 spiro atoms. The van der Waals surface area contributed by atoms with Crippen molar-refractivity contribution in [2.45, 2.75) is 12.8 Å². The fraction of sp³-hybridized carbons (Fsp3) is 0.500. The van der Waals surface area contributed by atoms with Gasteiger partial charge in [-0.1, -0.05) is 0 Å². The normalized spacial score (nSPS) is 11.3. The van der Waals surface area contributed by atoms with E-state index in [0.717, 1.165) is 27.4 Å². The molecule has 0 fully saturated rings. The first-order chi connectivity index (χ1) is 8.38. The van der Waals surface area contributed by atoms with Crippen LogP contribution in [0, 0.1) is 3.57 Å². The molecule has 1 aromatic rings. The van der Waals surface area contributed by atoms with Gasteiger partial charge in [-0.2, -0.15) is 0 Å². The van der Waals surface area contributed by atoms with Gasteiger partial charge in [-0.3, -0.25) is 0 Å². The second-order valence-electron chi connectivity index (χ2n) is 5.36. The molecule has 0 saturated heterocycles. The molecule has 1 rings (SSSR count). The van der Waals surface area contributed by atoms with Crippen molar-refractivity contribution in [3.8, 4) is 0 Å². The number of unbranched alkanes of at least 4 members (excludes halogenated alkanes) is 1. The molecule has 0 amide bonds. The van der Waals surface area contributed by atoms with Crippen molar-refractivity contribution in [3.05, 3.63) is 33.4 Å². The Morgan fingerprint density at radius 3 is 2.33 bits per heavy atom. The van der Waals surface area contributed by atoms with Crippen LogP contribution >= 0.6 is 22.6 Å². The van der Waals surface area contributed by atoms with Crippen LogP contribution in [0.25, 0.3) is 0 Å². The zero-order valence-electron chi connectivity index (χ0n) is 11.3. The summed E-state index contributed by atoms with van der Waals surface area (Å²) in [6.07, 6.45) is 2.00. The van der Waals surface area contributed by atoms with E-state index < -0.39 is 0 Å². The van der Waals surface area contributed by atoms with Gasteiger partial charge in [0.1, 0.15) is 0 Å². The van der Waals surface area contributed by atoms with Crippen LogP contribution in [0.4, 0.5) is 0 Å². The van der Waals surface area contributed by atoms with Gasteiger partial charge in [0.05, 0.1) is 39.9 Å². The van der Waals surface area contributed by atoms with E-state index in [-0.39, 0.29) is 5.97 Å². The second-order valence-corrected chi connectivity index (χ2v) is 6.61. The van der Waals surface area contributed by atoms with Crippen LogP contribution < -0.4 is 0 Å². The van der Waals surface area contributed by atoms with Crippen LogP contribution in [0.15, 0.2) is 24.3 Å². The Bertz CT molecular complexity index is 382. The average Bonchev–Trinajstić information content (AvgIpc) is 2.27. The van der Waals surface area contributed by atoms with Crippen molar-refractivity contribution in [2.24, 2.45) is 0 Å². The van der Waals surface area contributed by atoms with Gasteiger partial charge in [-0.15, -0.1) is 0 Å². The molecule has 100 valence electrons. The minimum Gasteiger partial charge on any atom is -0.462 e. The van der Waals surface area contributed by atoms with Crippen molar-refractivity contribution in [1.82, 2.24) is 0 Å². The maximum atomic E-state index is 11.7. The van der Waals surface area contributed by atoms with Gasteiger partial charge in [0.25, 0.3) is 0 Å². The number of rotatable bonds is 6. The Hall–Kier alpha value is -0.620. The van der Waals surface area contributed by atoms with Gasteiger partial charge in [0, 0.05) is 3.57 Å². The minimum absolute atomic E-state index is 0.225. The van der Waals surface area contributed by atoms with Crippen molar-refractivity contribution < 1.29 is 14.0 Å². The number of hydrogen-bond acceptors (Lipinski definition) is 2. The fourth-order valence-electron chi connectivity index (χ4n) is 1.52. The highest BCUT2D eigenvalue weighted by atomic mass is 127. The van der Waals surface area contributed by atoms with Gasteiger partial charge in [0.2, 0.25) is 0 Å². The van der Waals surface area contributed by atoms with Crippen LogP contribution in [-0.4, -0.2) is 44.7 Å². The van der Waals surface area contributed by atoms with Gasteiger partial charge < -0.3 is 9.22 Å². The van der Waals surface area contributed by atoms with Crippen LogP contribution in [0.5, 0.6) is 0 Å². The maximum Gasteiger partial charge on any atom is 0.338 e. The average molecular weight is 362 g/mol. The van der Waals surface area contributed by atoms with E-state index in [1.807, 2.05) is 12.1 Å². The van der Waals surface area contributed by atoms with E-state index in [1.54, 1.807) is 12.1 Å². The molecule has 0 heterocycles. The zero-order chi connectivity index (χ0) is 13.6. The number of nitrogens with zero attached hydrogens (tertiary/aromatic N) is 1. The largest absolute Gasteiger partial charge is 0.462 e. The summed E-state index contributed by atoms with van der Waals surface area (Å²) in [4.78, 5) is 11.7. The van der Waals surface area contributed by atoms with Crippen LogP contribution in [0.3, 0.4) is 0 Å². The lowest BCUT2D eigenvalue weighted by Crippen LogP contribution is -2.35. The second kappa shape index (κ2) is 7.09. The SMILES string of the molecule is C[N+](C)(C)CCCCOC(=O)c1ccc(I)cc1. The topological polar surface area (TPSA) is 26.3 Å². The molecule has 0 radical (unpaired) electrons. The zero-order valence-corrected chi connectivity index (χ0v) is 13.4. The number of ether oxygens (including phenoxy) is 1. The molecule has 18 heavy (non-hydrogen) atoms. The van der Waals surface area contributed by atoms with E-state index in [0.29, 0.717) is 12.2 Å². The summed E-state index contributed by atoms with van der Waals surface area (Å²) in [5.74, 6) is -0.225. The Balaban J connectivity index is 2.24. The molecule has 0 aliphatic heterocycles. The number of esters is 1. The predicted molar refractivity (Wildman–Crippen MR) is 81.6 cm³/mol. The standard InChI is InChI=1S/C14H21INO2/c1-16(2,3)10-4-5-11-18-14(17)12-6-8-13(15)9-7-12/h6-9H,4-5,10-11H2,1-3H3/q+1. The Morgan fingerprint density at radius 2 is 1.78 bits per heavy atom. The van der Waals surface area contributed by atoms with Crippen molar-refractivity contribution in [3.63, 3.8) is 0 Å². The molecule has 0 aliphatic carbocycles. The molecule has 3 nitrogen and oxygen atoms in total. The number of carbonyl (C=O) groups excluding carboxylic acids is 1. The van der Waals surface area contributed by atoms with Crippen LogP contribution in [0.1, 0.15) is 23.2 Å². The number of halogens is 1. The van der Waals surface area contributed by atoms with E-state index in [2.05, 4.69) is 43.7 Å². The van der Waals surface area contributed by atoms with Crippen LogP contribution in [0.2, 0.25) is 0 Å². The molecule has 0 N–H and O–H groups in total. The lowest BCUT2D eigenvalue weighted by molar-refractivity contribution is -0.870. The summed E-state index contributed by atoms with van der Waals surface area (Å²) in [6.45, 7) is 1.60. The predicted octanol–water partition coefficient (Wildman–Crippen LogP) is 2.93. The Labute approximate surface area is 123 Å². The first kappa shape index (κ1) is 15.4. The lowest BCUT2D eigenvalue weighted by Gasteiger charge is -2.23. The molecule has 4 heteroatoms. The summed E-state index contributed by atoms with van der Waals surface area (Å²) in [6, 6.07) is 7.43. The number of carbonyl (C=O) groups is 1. The minimum atomic E-state index is -0.225. The highest BCUT2D eigenvalue weighted by Crippen LogP contribution is 2.08. The van der Waals surface area contributed by atoms with Gasteiger partial charge in [0.15, 0.2) is 0 Å². The van der Waals surface area contributed by atoms with Gasteiger partial charge in [-0.05, 0) is 59.7 Å². The molecule has 0 aliphatic rings. The number of benzene rings is 1. The molecule has 0 bridgehead atoms. The quantitative estimate of drug-likeness (QED) is 0.337. The Kier molecular flexibility index (Phi) is 6.08. The highest BCUT2D eigenvalue weighted by Gasteiger charge is 2.08. The third-order valence-electron chi connectivity index (χ3n) is 2.54. The van der Waals surface area contributed by atoms with Crippen molar-refractivity contribution in [2.75, 3.05) is 34.3 Å². The lowest BCUT2D eigenvalue weighted by atomic mass is 10.2. The first-order valence-corrected chi connectivity index (χ1v) is 7.19. The summed E-state index contributed by atoms with van der Waals surface area (Å²) < 4.78 is 7.30. The Morgan fingerprint density at radius 1 is 1.17 bits per heavy atom. The third kappa shape index (κ3) is 6.35. The molecular formula is C14H21INO2+. The van der Waals surface area contributed by atoms with E-state index in [1.165, 1.54) is 0 Å². The van der Waals surface area contributed by atoms with E-state index >= 15 is 0 Å². The van der Waals surface area contributed by atoms with E-state index in [4.69, 9.17) is 4.74 Å². The molecule has 0 saturated carbocycles. The molecule has 0 unspecified atom stereocenters. The highest BCUT2D eigenvalue weighted by molar-refractivity contribution is 14.1. The monoisotopic (exact) mass is 362 g/mol. The van der Waals surface area contributed by atoms with E-state index in [9.17, 15) is 4.79 Å². The maximum absolute atomic E-state index is 11.7. The third-order valence-corrected chi connectivity index (χ3v) is 3.26. The molecule has 0 aromatic heterocycles. The van der Waals surface area contributed by atoms with Gasteiger partial charge >= 0.3 is 5.97 Å². The van der Waals surface area contributed by atoms with Crippen LogP contribution in [-0.2, 0) is 4.74 Å². The summed E-state index contributed by atoms with van der Waals surface area (Å²) >= 11 is 2.21. The van der Waals surface area contributed by atoms with Crippen molar-refractivity contribution in [1.29, 1.82) is 0 Å². The number of quaternary nitrogens is 1. The van der Waals surface area contributed by atoms with Gasteiger partial charge in [-0.25, -0.2) is 4.79 Å². The molecular weight excluding hydrogens is 341 g/mol.